The number of rotatable bonds is 8. The zero-order valence-corrected chi connectivity index (χ0v) is 12.7. The third-order valence-electron chi connectivity index (χ3n) is 3.61. The van der Waals surface area contributed by atoms with Crippen LogP contribution in [0.25, 0.3) is 11.0 Å². The van der Waals surface area contributed by atoms with Gasteiger partial charge >= 0.3 is 6.18 Å². The molecule has 2 aromatic rings. The number of hydrogen-bond acceptors (Lipinski definition) is 3. The molecule has 0 amide bonds. The molecule has 1 aliphatic carbocycles. The fourth-order valence-electron chi connectivity index (χ4n) is 2.32. The van der Waals surface area contributed by atoms with Crippen molar-refractivity contribution in [3.63, 3.8) is 0 Å². The predicted octanol–water partition coefficient (Wildman–Crippen LogP) is 3.41. The van der Waals surface area contributed by atoms with E-state index < -0.39 is 12.8 Å². The molecule has 1 heterocycles. The van der Waals surface area contributed by atoms with Gasteiger partial charge in [0.25, 0.3) is 0 Å². The van der Waals surface area contributed by atoms with Gasteiger partial charge in [-0.25, -0.2) is 4.98 Å². The highest BCUT2D eigenvalue weighted by Gasteiger charge is 2.27. The monoisotopic (exact) mass is 328 g/mol. The molecular weight excluding hydrogens is 309 g/mol. The largest absolute Gasteiger partial charge is 0.411 e. The van der Waals surface area contributed by atoms with E-state index in [9.17, 15) is 13.2 Å². The lowest BCUT2D eigenvalue weighted by Gasteiger charge is -2.06. The van der Waals surface area contributed by atoms with E-state index in [1.165, 1.54) is 12.8 Å². The van der Waals surface area contributed by atoms with E-state index in [-0.39, 0.29) is 6.61 Å². The maximum Gasteiger partial charge on any atom is 0.411 e. The van der Waals surface area contributed by atoms with Crippen molar-refractivity contribution in [2.45, 2.75) is 38.0 Å². The molecule has 0 unspecified atom stereocenters. The van der Waals surface area contributed by atoms with Gasteiger partial charge in [-0.1, -0.05) is 6.07 Å². The molecular formula is C16H19F3N2O2. The SMILES string of the molecule is FC(F)(F)COCCc1nc2ccc(CCOC3CC3)cc2[nH]1. The molecule has 0 radical (unpaired) electrons. The minimum Gasteiger partial charge on any atom is -0.378 e. The second-order valence-electron chi connectivity index (χ2n) is 5.77. The first-order valence-corrected chi connectivity index (χ1v) is 7.73. The van der Waals surface area contributed by atoms with E-state index in [1.54, 1.807) is 0 Å². The Morgan fingerprint density at radius 3 is 2.74 bits per heavy atom. The van der Waals surface area contributed by atoms with Crippen molar-refractivity contribution in [3.8, 4) is 0 Å². The molecule has 0 spiro atoms. The molecule has 1 aromatic heterocycles. The second kappa shape index (κ2) is 6.88. The van der Waals surface area contributed by atoms with Crippen LogP contribution in [0.4, 0.5) is 13.2 Å². The Labute approximate surface area is 132 Å². The van der Waals surface area contributed by atoms with Gasteiger partial charge in [0, 0.05) is 6.42 Å². The fraction of sp³-hybridized carbons (Fsp3) is 0.562. The lowest BCUT2D eigenvalue weighted by molar-refractivity contribution is -0.173. The summed E-state index contributed by atoms with van der Waals surface area (Å²) >= 11 is 0. The lowest BCUT2D eigenvalue weighted by atomic mass is 10.1. The van der Waals surface area contributed by atoms with Gasteiger partial charge in [-0.3, -0.25) is 0 Å². The number of nitrogens with zero attached hydrogens (tertiary/aromatic N) is 1. The number of aromatic amines is 1. The summed E-state index contributed by atoms with van der Waals surface area (Å²) in [7, 11) is 0. The first-order valence-electron chi connectivity index (χ1n) is 7.73. The quantitative estimate of drug-likeness (QED) is 0.756. The summed E-state index contributed by atoms with van der Waals surface area (Å²) in [5, 5.41) is 0. The maximum atomic E-state index is 12.0. The molecule has 0 aliphatic heterocycles. The minimum absolute atomic E-state index is 0.0125. The first-order chi connectivity index (χ1) is 11.0. The van der Waals surface area contributed by atoms with E-state index in [4.69, 9.17) is 4.74 Å². The summed E-state index contributed by atoms with van der Waals surface area (Å²) in [6.07, 6.45) is -0.334. The maximum absolute atomic E-state index is 12.0. The van der Waals surface area contributed by atoms with Gasteiger partial charge in [0.1, 0.15) is 12.4 Å². The molecule has 126 valence electrons. The van der Waals surface area contributed by atoms with Crippen LogP contribution in [0.5, 0.6) is 0 Å². The fourth-order valence-corrected chi connectivity index (χ4v) is 2.32. The van der Waals surface area contributed by atoms with Gasteiger partial charge in [0.2, 0.25) is 0 Å². The standard InChI is InChI=1S/C16H19F3N2O2/c17-16(18,19)10-22-7-6-15-20-13-4-1-11(9-14(13)21-15)5-8-23-12-2-3-12/h1,4,9,12H,2-3,5-8,10H2,(H,20,21). The van der Waals surface area contributed by atoms with Crippen LogP contribution < -0.4 is 0 Å². The summed E-state index contributed by atoms with van der Waals surface area (Å²) in [5.74, 6) is 0.633. The van der Waals surface area contributed by atoms with Crippen LogP contribution >= 0.6 is 0 Å². The topological polar surface area (TPSA) is 47.1 Å². The van der Waals surface area contributed by atoms with Gasteiger partial charge in [-0.05, 0) is 37.0 Å². The number of fused-ring (bicyclic) bond motifs is 1. The number of alkyl halides is 3. The smallest absolute Gasteiger partial charge is 0.378 e. The van der Waals surface area contributed by atoms with Crippen molar-refractivity contribution in [2.24, 2.45) is 0 Å². The Kier molecular flexibility index (Phi) is 4.87. The molecule has 1 N–H and O–H groups in total. The van der Waals surface area contributed by atoms with E-state index in [2.05, 4.69) is 14.7 Å². The molecule has 1 aliphatic rings. The number of aromatic nitrogens is 2. The van der Waals surface area contributed by atoms with Gasteiger partial charge in [-0.15, -0.1) is 0 Å². The van der Waals surface area contributed by atoms with E-state index in [1.807, 2.05) is 18.2 Å². The van der Waals surface area contributed by atoms with Crippen LogP contribution in [-0.2, 0) is 22.3 Å². The van der Waals surface area contributed by atoms with Crippen molar-refractivity contribution in [1.82, 2.24) is 9.97 Å². The molecule has 7 heteroatoms. The highest BCUT2D eigenvalue weighted by Crippen LogP contribution is 2.23. The van der Waals surface area contributed by atoms with Crippen LogP contribution in [0.15, 0.2) is 18.2 Å². The van der Waals surface area contributed by atoms with Crippen molar-refractivity contribution >= 4 is 11.0 Å². The molecule has 0 atom stereocenters. The summed E-state index contributed by atoms with van der Waals surface area (Å²) in [6, 6.07) is 5.93. The third kappa shape index (κ3) is 5.21. The van der Waals surface area contributed by atoms with E-state index in [0.717, 1.165) is 23.0 Å². The molecule has 0 saturated heterocycles. The second-order valence-corrected chi connectivity index (χ2v) is 5.77. The number of ether oxygens (including phenoxy) is 2. The normalized spacial score (nSPS) is 15.4. The van der Waals surface area contributed by atoms with Crippen LogP contribution in [0.2, 0.25) is 0 Å². The van der Waals surface area contributed by atoms with Gasteiger partial charge < -0.3 is 14.5 Å². The van der Waals surface area contributed by atoms with Crippen LogP contribution in [0.3, 0.4) is 0 Å². The van der Waals surface area contributed by atoms with Crippen LogP contribution in [0.1, 0.15) is 24.2 Å². The highest BCUT2D eigenvalue weighted by molar-refractivity contribution is 5.75. The lowest BCUT2D eigenvalue weighted by Crippen LogP contribution is -2.18. The number of nitrogens with one attached hydrogen (secondary N) is 1. The third-order valence-corrected chi connectivity index (χ3v) is 3.61. The average Bonchev–Trinajstić information content (AvgIpc) is 3.21. The Morgan fingerprint density at radius 1 is 1.17 bits per heavy atom. The van der Waals surface area contributed by atoms with E-state index >= 15 is 0 Å². The number of hydrogen-bond donors (Lipinski definition) is 1. The van der Waals surface area contributed by atoms with Crippen molar-refractivity contribution in [2.75, 3.05) is 19.8 Å². The predicted molar refractivity (Wildman–Crippen MR) is 79.3 cm³/mol. The summed E-state index contributed by atoms with van der Waals surface area (Å²) in [4.78, 5) is 7.49. The Hall–Kier alpha value is -1.60. The van der Waals surface area contributed by atoms with Crippen LogP contribution in [-0.4, -0.2) is 42.1 Å². The Bertz CT molecular complexity index is 650. The van der Waals surface area contributed by atoms with Crippen molar-refractivity contribution in [1.29, 1.82) is 0 Å². The summed E-state index contributed by atoms with van der Waals surface area (Å²) in [5.41, 5.74) is 2.85. The number of benzene rings is 1. The van der Waals surface area contributed by atoms with E-state index in [0.29, 0.717) is 25.0 Å². The minimum atomic E-state index is -4.29. The molecule has 1 fully saturated rings. The zero-order chi connectivity index (χ0) is 16.3. The van der Waals surface area contributed by atoms with Gasteiger partial charge in [0.15, 0.2) is 0 Å². The summed E-state index contributed by atoms with van der Waals surface area (Å²) < 4.78 is 46.2. The summed E-state index contributed by atoms with van der Waals surface area (Å²) in [6.45, 7) is -0.526. The molecule has 23 heavy (non-hydrogen) atoms. The molecule has 1 saturated carbocycles. The number of H-pyrrole nitrogens is 1. The molecule has 1 aromatic carbocycles. The van der Waals surface area contributed by atoms with Crippen molar-refractivity contribution < 1.29 is 22.6 Å². The number of imidazole rings is 1. The molecule has 0 bridgehead atoms. The average molecular weight is 328 g/mol. The zero-order valence-electron chi connectivity index (χ0n) is 12.7. The van der Waals surface area contributed by atoms with Crippen molar-refractivity contribution in [3.05, 3.63) is 29.6 Å². The van der Waals surface area contributed by atoms with Gasteiger partial charge in [-0.2, -0.15) is 13.2 Å². The highest BCUT2D eigenvalue weighted by atomic mass is 19.4. The molecule has 3 rings (SSSR count). The Morgan fingerprint density at radius 2 is 2.00 bits per heavy atom. The molecule has 4 nitrogen and oxygen atoms in total. The number of halogens is 3. The first kappa shape index (κ1) is 16.3. The van der Waals surface area contributed by atoms with Gasteiger partial charge in [0.05, 0.1) is 30.4 Å². The van der Waals surface area contributed by atoms with Crippen LogP contribution in [0, 0.1) is 0 Å². The Balaban J connectivity index is 1.51.